The first-order valence-electron chi connectivity index (χ1n) is 6.64. The zero-order valence-corrected chi connectivity index (χ0v) is 12.4. The Balaban J connectivity index is 2.09. The van der Waals surface area contributed by atoms with Gasteiger partial charge in [-0.2, -0.15) is 0 Å². The lowest BCUT2D eigenvalue weighted by Gasteiger charge is -2.08. The SMILES string of the molecule is CCCNCc1cncc(Oc2cc(C)ccc2Cl)n1. The van der Waals surface area contributed by atoms with Crippen molar-refractivity contribution in [1.29, 1.82) is 0 Å². The molecule has 1 N–H and O–H groups in total. The minimum atomic E-state index is 0.452. The first-order chi connectivity index (χ1) is 9.69. The van der Waals surface area contributed by atoms with Gasteiger partial charge in [0.15, 0.2) is 0 Å². The number of benzene rings is 1. The van der Waals surface area contributed by atoms with Gasteiger partial charge >= 0.3 is 0 Å². The predicted octanol–water partition coefficient (Wildman–Crippen LogP) is 3.73. The molecular weight excluding hydrogens is 274 g/mol. The van der Waals surface area contributed by atoms with Gasteiger partial charge in [-0.1, -0.05) is 24.6 Å². The second-order valence-corrected chi connectivity index (χ2v) is 4.97. The molecule has 20 heavy (non-hydrogen) atoms. The maximum absolute atomic E-state index is 6.10. The number of ether oxygens (including phenoxy) is 1. The first kappa shape index (κ1) is 14.8. The number of aromatic nitrogens is 2. The number of hydrogen-bond acceptors (Lipinski definition) is 4. The minimum Gasteiger partial charge on any atom is -0.436 e. The summed E-state index contributed by atoms with van der Waals surface area (Å²) >= 11 is 6.10. The molecule has 0 atom stereocenters. The van der Waals surface area contributed by atoms with Crippen LogP contribution < -0.4 is 10.1 Å². The highest BCUT2D eigenvalue weighted by Crippen LogP contribution is 2.28. The predicted molar refractivity (Wildman–Crippen MR) is 80.3 cm³/mol. The monoisotopic (exact) mass is 291 g/mol. The van der Waals surface area contributed by atoms with Crippen LogP contribution in [0, 0.1) is 6.92 Å². The van der Waals surface area contributed by atoms with Gasteiger partial charge in [0.25, 0.3) is 0 Å². The average Bonchev–Trinajstić information content (AvgIpc) is 2.44. The Hall–Kier alpha value is -1.65. The van der Waals surface area contributed by atoms with Crippen molar-refractivity contribution in [2.75, 3.05) is 6.54 Å². The number of nitrogens with one attached hydrogen (secondary N) is 1. The number of halogens is 1. The number of nitrogens with zero attached hydrogens (tertiary/aromatic N) is 2. The topological polar surface area (TPSA) is 47.0 Å². The highest BCUT2D eigenvalue weighted by Gasteiger charge is 2.06. The molecule has 0 unspecified atom stereocenters. The quantitative estimate of drug-likeness (QED) is 0.824. The molecule has 0 radical (unpaired) electrons. The fraction of sp³-hybridized carbons (Fsp3) is 0.333. The highest BCUT2D eigenvalue weighted by atomic mass is 35.5. The van der Waals surface area contributed by atoms with Gasteiger partial charge in [0, 0.05) is 12.7 Å². The van der Waals surface area contributed by atoms with E-state index in [1.165, 1.54) is 0 Å². The van der Waals surface area contributed by atoms with Gasteiger partial charge in [-0.15, -0.1) is 0 Å². The normalized spacial score (nSPS) is 10.6. The van der Waals surface area contributed by atoms with E-state index in [0.29, 0.717) is 23.2 Å². The minimum absolute atomic E-state index is 0.452. The van der Waals surface area contributed by atoms with Crippen molar-refractivity contribution in [3.05, 3.63) is 46.9 Å². The van der Waals surface area contributed by atoms with E-state index in [-0.39, 0.29) is 0 Å². The summed E-state index contributed by atoms with van der Waals surface area (Å²) in [5.74, 6) is 1.05. The third-order valence-electron chi connectivity index (χ3n) is 2.70. The van der Waals surface area contributed by atoms with Crippen LogP contribution in [0.2, 0.25) is 5.02 Å². The number of rotatable bonds is 6. The molecule has 5 heteroatoms. The van der Waals surface area contributed by atoms with E-state index in [2.05, 4.69) is 22.2 Å². The summed E-state index contributed by atoms with van der Waals surface area (Å²) in [6.45, 7) is 5.74. The Morgan fingerprint density at radius 3 is 2.95 bits per heavy atom. The van der Waals surface area contributed by atoms with Crippen LogP contribution in [-0.2, 0) is 6.54 Å². The fourth-order valence-electron chi connectivity index (χ4n) is 1.72. The van der Waals surface area contributed by atoms with Crippen LogP contribution in [0.4, 0.5) is 0 Å². The second kappa shape index (κ2) is 7.22. The molecule has 2 aromatic rings. The summed E-state index contributed by atoms with van der Waals surface area (Å²) in [4.78, 5) is 8.55. The lowest BCUT2D eigenvalue weighted by Crippen LogP contribution is -2.15. The van der Waals surface area contributed by atoms with Crippen molar-refractivity contribution in [3.63, 3.8) is 0 Å². The van der Waals surface area contributed by atoms with Crippen LogP contribution >= 0.6 is 11.6 Å². The average molecular weight is 292 g/mol. The maximum Gasteiger partial charge on any atom is 0.238 e. The van der Waals surface area contributed by atoms with Crippen molar-refractivity contribution in [3.8, 4) is 11.6 Å². The van der Waals surface area contributed by atoms with E-state index in [9.17, 15) is 0 Å². The van der Waals surface area contributed by atoms with Gasteiger partial charge in [-0.3, -0.25) is 4.98 Å². The van der Waals surface area contributed by atoms with Gasteiger partial charge < -0.3 is 10.1 Å². The molecule has 106 valence electrons. The lowest BCUT2D eigenvalue weighted by atomic mass is 10.2. The zero-order chi connectivity index (χ0) is 14.4. The largest absolute Gasteiger partial charge is 0.436 e. The molecular formula is C15H18ClN3O. The Labute approximate surface area is 124 Å². The summed E-state index contributed by atoms with van der Waals surface area (Å²) in [7, 11) is 0. The van der Waals surface area contributed by atoms with Crippen LogP contribution in [0.5, 0.6) is 11.6 Å². The van der Waals surface area contributed by atoms with Gasteiger partial charge in [0.1, 0.15) is 5.75 Å². The molecule has 2 rings (SSSR count). The van der Waals surface area contributed by atoms with Crippen LogP contribution in [-0.4, -0.2) is 16.5 Å². The summed E-state index contributed by atoms with van der Waals surface area (Å²) < 4.78 is 5.70. The zero-order valence-electron chi connectivity index (χ0n) is 11.7. The third kappa shape index (κ3) is 4.18. The van der Waals surface area contributed by atoms with Crippen LogP contribution in [0.3, 0.4) is 0 Å². The molecule has 0 saturated carbocycles. The van der Waals surface area contributed by atoms with Crippen molar-refractivity contribution in [2.24, 2.45) is 0 Å². The highest BCUT2D eigenvalue weighted by molar-refractivity contribution is 6.32. The first-order valence-corrected chi connectivity index (χ1v) is 7.02. The fourth-order valence-corrected chi connectivity index (χ4v) is 1.87. The summed E-state index contributed by atoms with van der Waals surface area (Å²) in [6.07, 6.45) is 4.40. The maximum atomic E-state index is 6.10. The molecule has 1 aromatic carbocycles. The number of aryl methyl sites for hydroxylation is 1. The van der Waals surface area contributed by atoms with E-state index in [4.69, 9.17) is 16.3 Å². The van der Waals surface area contributed by atoms with E-state index >= 15 is 0 Å². The third-order valence-corrected chi connectivity index (χ3v) is 3.01. The van der Waals surface area contributed by atoms with Crippen molar-refractivity contribution in [1.82, 2.24) is 15.3 Å². The summed E-state index contributed by atoms with van der Waals surface area (Å²) in [5.41, 5.74) is 1.93. The van der Waals surface area contributed by atoms with E-state index in [1.54, 1.807) is 12.4 Å². The molecule has 0 amide bonds. The van der Waals surface area contributed by atoms with Gasteiger partial charge in [0.2, 0.25) is 5.88 Å². The molecule has 0 aliphatic heterocycles. The Bertz CT molecular complexity index is 575. The van der Waals surface area contributed by atoms with Crippen molar-refractivity contribution < 1.29 is 4.74 Å². The van der Waals surface area contributed by atoms with Crippen LogP contribution in [0.15, 0.2) is 30.6 Å². The van der Waals surface area contributed by atoms with Crippen LogP contribution in [0.25, 0.3) is 0 Å². The summed E-state index contributed by atoms with van der Waals surface area (Å²) in [6, 6.07) is 5.63. The molecule has 0 saturated heterocycles. The molecule has 0 aliphatic carbocycles. The Kier molecular flexibility index (Phi) is 5.32. The Morgan fingerprint density at radius 2 is 2.15 bits per heavy atom. The molecule has 4 nitrogen and oxygen atoms in total. The molecule has 0 fully saturated rings. The standard InChI is InChI=1S/C15H18ClN3O/c1-3-6-17-8-12-9-18-10-15(19-12)20-14-7-11(2)4-5-13(14)16/h4-5,7,9-10,17H,3,6,8H2,1-2H3. The molecule has 1 aromatic heterocycles. The van der Waals surface area contributed by atoms with E-state index < -0.39 is 0 Å². The Morgan fingerprint density at radius 1 is 1.30 bits per heavy atom. The van der Waals surface area contributed by atoms with Gasteiger partial charge in [0.05, 0.1) is 16.9 Å². The molecule has 0 aliphatic rings. The second-order valence-electron chi connectivity index (χ2n) is 4.56. The molecule has 0 spiro atoms. The lowest BCUT2D eigenvalue weighted by molar-refractivity contribution is 0.456. The van der Waals surface area contributed by atoms with Gasteiger partial charge in [-0.25, -0.2) is 4.98 Å². The summed E-state index contributed by atoms with van der Waals surface area (Å²) in [5, 5.41) is 3.84. The van der Waals surface area contributed by atoms with E-state index in [1.807, 2.05) is 25.1 Å². The van der Waals surface area contributed by atoms with Crippen molar-refractivity contribution >= 4 is 11.6 Å². The van der Waals surface area contributed by atoms with E-state index in [0.717, 1.165) is 24.2 Å². The van der Waals surface area contributed by atoms with Crippen LogP contribution in [0.1, 0.15) is 24.6 Å². The molecule has 1 heterocycles. The van der Waals surface area contributed by atoms with Crippen molar-refractivity contribution in [2.45, 2.75) is 26.8 Å². The smallest absolute Gasteiger partial charge is 0.238 e. The number of hydrogen-bond donors (Lipinski definition) is 1. The van der Waals surface area contributed by atoms with Gasteiger partial charge in [-0.05, 0) is 37.6 Å². The molecule has 0 bridgehead atoms.